The number of hydrogen-bond donors (Lipinski definition) is 4. The molecule has 1 aromatic carbocycles. The Kier molecular flexibility index (Phi) is 6.48. The monoisotopic (exact) mass is 397 g/mol. The molecule has 3 aromatic rings. The van der Waals surface area contributed by atoms with Crippen molar-refractivity contribution in [3.05, 3.63) is 50.7 Å². The van der Waals surface area contributed by atoms with Crippen molar-refractivity contribution in [2.45, 2.75) is 39.2 Å². The van der Waals surface area contributed by atoms with Crippen LogP contribution in [0, 0.1) is 0 Å². The summed E-state index contributed by atoms with van der Waals surface area (Å²) >= 11 is 0. The molecule has 0 bridgehead atoms. The van der Waals surface area contributed by atoms with Crippen LogP contribution in [0.1, 0.15) is 31.7 Å². The maximum Gasteiger partial charge on any atom is 0.351 e. The van der Waals surface area contributed by atoms with E-state index in [1.807, 2.05) is 12.1 Å². The molecule has 0 aliphatic rings. The molecular formula is C20H27N7O2. The van der Waals surface area contributed by atoms with E-state index < -0.39 is 11.2 Å². The molecule has 154 valence electrons. The Hall–Kier alpha value is -3.36. The number of nitrogens with zero attached hydrogens (tertiary/aromatic N) is 3. The Morgan fingerprint density at radius 3 is 2.59 bits per heavy atom. The second-order valence-electron chi connectivity index (χ2n) is 6.88. The SMILES string of the molecule is CCCCCc1ccc(NCCn2c(=O)nc(N)c3c(=O)[nH]c(NC)nc32)cc1. The first kappa shape index (κ1) is 20.4. The first-order valence-corrected chi connectivity index (χ1v) is 9.84. The van der Waals surface area contributed by atoms with Crippen LogP contribution >= 0.6 is 0 Å². The highest BCUT2D eigenvalue weighted by atomic mass is 16.1. The van der Waals surface area contributed by atoms with Crippen LogP contribution in [0.25, 0.3) is 11.0 Å². The van der Waals surface area contributed by atoms with Crippen molar-refractivity contribution in [3.8, 4) is 0 Å². The van der Waals surface area contributed by atoms with Crippen molar-refractivity contribution in [1.82, 2.24) is 19.5 Å². The molecule has 0 aliphatic carbocycles. The molecule has 0 fully saturated rings. The van der Waals surface area contributed by atoms with Gasteiger partial charge in [-0.25, -0.2) is 4.79 Å². The average molecular weight is 397 g/mol. The van der Waals surface area contributed by atoms with Crippen molar-refractivity contribution >= 4 is 28.5 Å². The Morgan fingerprint density at radius 1 is 1.14 bits per heavy atom. The third-order valence-electron chi connectivity index (χ3n) is 4.78. The summed E-state index contributed by atoms with van der Waals surface area (Å²) < 4.78 is 1.36. The fraction of sp³-hybridized carbons (Fsp3) is 0.400. The Bertz CT molecular complexity index is 1090. The van der Waals surface area contributed by atoms with Gasteiger partial charge in [-0.2, -0.15) is 9.97 Å². The van der Waals surface area contributed by atoms with E-state index in [2.05, 4.69) is 44.6 Å². The van der Waals surface area contributed by atoms with Crippen LogP contribution < -0.4 is 27.6 Å². The van der Waals surface area contributed by atoms with Gasteiger partial charge >= 0.3 is 5.69 Å². The predicted molar refractivity (Wildman–Crippen MR) is 117 cm³/mol. The fourth-order valence-corrected chi connectivity index (χ4v) is 3.20. The highest BCUT2D eigenvalue weighted by molar-refractivity contribution is 5.85. The standard InChI is InChI=1S/C20H27N7O2/c1-3-4-5-6-13-7-9-14(10-8-13)23-11-12-27-17-15(16(21)24-20(27)29)18(28)26-19(22-2)25-17/h7-10,23H,3-6,11-12H2,1-2H3,(H2,21,24,29)(H2,22,25,26,28). The van der Waals surface area contributed by atoms with Crippen LogP contribution in [0.3, 0.4) is 0 Å². The van der Waals surface area contributed by atoms with Gasteiger partial charge in [0.25, 0.3) is 5.56 Å². The highest BCUT2D eigenvalue weighted by Gasteiger charge is 2.14. The number of H-pyrrole nitrogens is 1. The van der Waals surface area contributed by atoms with Gasteiger partial charge in [0, 0.05) is 25.8 Å². The number of fused-ring (bicyclic) bond motifs is 1. The molecule has 0 saturated carbocycles. The van der Waals surface area contributed by atoms with E-state index in [0.29, 0.717) is 13.1 Å². The summed E-state index contributed by atoms with van der Waals surface area (Å²) in [6.45, 7) is 2.96. The molecular weight excluding hydrogens is 370 g/mol. The maximum absolute atomic E-state index is 12.3. The molecule has 29 heavy (non-hydrogen) atoms. The van der Waals surface area contributed by atoms with Crippen LogP contribution in [0.5, 0.6) is 0 Å². The molecule has 9 nitrogen and oxygen atoms in total. The van der Waals surface area contributed by atoms with E-state index in [4.69, 9.17) is 5.73 Å². The minimum atomic E-state index is -0.539. The van der Waals surface area contributed by atoms with Gasteiger partial charge in [0.2, 0.25) is 5.95 Å². The number of aromatic amines is 1. The summed E-state index contributed by atoms with van der Waals surface area (Å²) in [5.41, 5.74) is 7.29. The Balaban J connectivity index is 1.75. The minimum Gasteiger partial charge on any atom is -0.383 e. The molecule has 0 saturated heterocycles. The number of rotatable bonds is 9. The molecule has 0 amide bonds. The van der Waals surface area contributed by atoms with Crippen LogP contribution in [-0.2, 0) is 13.0 Å². The quantitative estimate of drug-likeness (QED) is 0.406. The lowest BCUT2D eigenvalue weighted by Gasteiger charge is -2.12. The van der Waals surface area contributed by atoms with Gasteiger partial charge in [-0.1, -0.05) is 31.9 Å². The molecule has 2 heterocycles. The molecule has 0 spiro atoms. The third-order valence-corrected chi connectivity index (χ3v) is 4.78. The first-order chi connectivity index (χ1) is 14.0. The third kappa shape index (κ3) is 4.74. The molecule has 2 aromatic heterocycles. The predicted octanol–water partition coefficient (Wildman–Crippen LogP) is 1.95. The van der Waals surface area contributed by atoms with Crippen molar-refractivity contribution in [3.63, 3.8) is 0 Å². The highest BCUT2D eigenvalue weighted by Crippen LogP contribution is 2.14. The maximum atomic E-state index is 12.3. The number of anilines is 3. The van der Waals surface area contributed by atoms with E-state index in [9.17, 15) is 9.59 Å². The van der Waals surface area contributed by atoms with E-state index in [-0.39, 0.29) is 22.8 Å². The van der Waals surface area contributed by atoms with Crippen LogP contribution in [0.15, 0.2) is 33.9 Å². The number of aryl methyl sites for hydroxylation is 1. The molecule has 0 aliphatic heterocycles. The van der Waals surface area contributed by atoms with E-state index in [1.54, 1.807) is 7.05 Å². The summed E-state index contributed by atoms with van der Waals surface area (Å²) in [5.74, 6) is 0.136. The molecule has 9 heteroatoms. The Labute approximate surface area is 168 Å². The lowest BCUT2D eigenvalue weighted by atomic mass is 10.1. The number of unbranched alkanes of at least 4 members (excludes halogenated alkanes) is 2. The summed E-state index contributed by atoms with van der Waals surface area (Å²) in [6, 6.07) is 8.30. The number of hydrogen-bond acceptors (Lipinski definition) is 7. The smallest absolute Gasteiger partial charge is 0.351 e. The van der Waals surface area contributed by atoms with Crippen molar-refractivity contribution < 1.29 is 0 Å². The topological polar surface area (TPSA) is 131 Å². The van der Waals surface area contributed by atoms with Crippen molar-refractivity contribution in [1.29, 1.82) is 0 Å². The summed E-state index contributed by atoms with van der Waals surface area (Å²) in [4.78, 5) is 35.3. The molecule has 5 N–H and O–H groups in total. The van der Waals surface area contributed by atoms with Gasteiger partial charge < -0.3 is 16.4 Å². The second-order valence-corrected chi connectivity index (χ2v) is 6.88. The van der Waals surface area contributed by atoms with Gasteiger partial charge in [0.1, 0.15) is 11.2 Å². The minimum absolute atomic E-state index is 0.111. The summed E-state index contributed by atoms with van der Waals surface area (Å²) in [5, 5.41) is 6.17. The number of nitrogens with two attached hydrogens (primary N) is 1. The van der Waals surface area contributed by atoms with Crippen molar-refractivity contribution in [2.24, 2.45) is 0 Å². The number of nitrogens with one attached hydrogen (secondary N) is 3. The van der Waals surface area contributed by atoms with Crippen LogP contribution in [0.2, 0.25) is 0 Å². The van der Waals surface area contributed by atoms with Crippen molar-refractivity contribution in [2.75, 3.05) is 30.0 Å². The van der Waals surface area contributed by atoms with Crippen LogP contribution in [-0.4, -0.2) is 33.1 Å². The summed E-state index contributed by atoms with van der Waals surface area (Å²) in [7, 11) is 1.63. The molecule has 0 unspecified atom stereocenters. The second kappa shape index (κ2) is 9.22. The van der Waals surface area contributed by atoms with E-state index in [1.165, 1.54) is 29.4 Å². The zero-order valence-electron chi connectivity index (χ0n) is 16.8. The molecule has 0 atom stereocenters. The van der Waals surface area contributed by atoms with Gasteiger partial charge in [-0.15, -0.1) is 0 Å². The van der Waals surface area contributed by atoms with Gasteiger partial charge in [-0.3, -0.25) is 14.3 Å². The first-order valence-electron chi connectivity index (χ1n) is 9.84. The average Bonchev–Trinajstić information content (AvgIpc) is 2.71. The zero-order chi connectivity index (χ0) is 20.8. The van der Waals surface area contributed by atoms with E-state index >= 15 is 0 Å². The Morgan fingerprint density at radius 2 is 1.90 bits per heavy atom. The van der Waals surface area contributed by atoms with Gasteiger partial charge in [0.05, 0.1) is 0 Å². The van der Waals surface area contributed by atoms with Gasteiger partial charge in [-0.05, 0) is 30.5 Å². The molecule has 0 radical (unpaired) electrons. The zero-order valence-corrected chi connectivity index (χ0v) is 16.8. The largest absolute Gasteiger partial charge is 0.383 e. The van der Waals surface area contributed by atoms with Gasteiger partial charge in [0.15, 0.2) is 5.65 Å². The van der Waals surface area contributed by atoms with Crippen LogP contribution in [0.4, 0.5) is 17.5 Å². The van der Waals surface area contributed by atoms with E-state index in [0.717, 1.165) is 12.1 Å². The number of nitrogen functional groups attached to an aromatic ring is 1. The normalized spacial score (nSPS) is 11.0. The fourth-order valence-electron chi connectivity index (χ4n) is 3.20. The number of aromatic nitrogens is 4. The molecule has 3 rings (SSSR count). The number of benzene rings is 1. The summed E-state index contributed by atoms with van der Waals surface area (Å²) in [6.07, 6.45) is 4.74. The lowest BCUT2D eigenvalue weighted by Crippen LogP contribution is -2.30. The lowest BCUT2D eigenvalue weighted by molar-refractivity contribution is 0.695.